The van der Waals surface area contributed by atoms with Gasteiger partial charge >= 0.3 is 10.8 Å². The summed E-state index contributed by atoms with van der Waals surface area (Å²) in [7, 11) is 1.53. The van der Waals surface area contributed by atoms with E-state index in [-0.39, 0.29) is 24.0 Å². The summed E-state index contributed by atoms with van der Waals surface area (Å²) in [5.74, 6) is -1.98. The van der Waals surface area contributed by atoms with Gasteiger partial charge in [0.2, 0.25) is 11.8 Å². The first-order chi connectivity index (χ1) is 17.8. The number of imide groups is 1. The van der Waals surface area contributed by atoms with E-state index in [0.29, 0.717) is 37.7 Å². The standard InChI is InChI=1S/C25H21ClN2O7S2/c1-3-34-17(29)11-35-16-9-4-12(26)10-15(16)18-19-21(36-22-20(18)37-25(32)27-22)24(31)28(23(19)30)13-5-7-14(33-2)8-6-13/h4-10,18-19,21H,3,11H2,1-2H3,(H,27,32)/t18-,19?,21?/m1/s1. The second kappa shape index (κ2) is 10.2. The summed E-state index contributed by atoms with van der Waals surface area (Å²) < 4.78 is 15.9. The van der Waals surface area contributed by atoms with E-state index in [4.69, 9.17) is 25.8 Å². The summed E-state index contributed by atoms with van der Waals surface area (Å²) in [6, 6.07) is 11.5. The molecule has 5 rings (SSSR count). The number of ether oxygens (including phenoxy) is 3. The van der Waals surface area contributed by atoms with Gasteiger partial charge in [-0.3, -0.25) is 14.4 Å². The van der Waals surface area contributed by atoms with E-state index in [1.54, 1.807) is 49.4 Å². The third-order valence-corrected chi connectivity index (χ3v) is 8.75. The van der Waals surface area contributed by atoms with Crippen LogP contribution in [0.15, 0.2) is 52.3 Å². The van der Waals surface area contributed by atoms with E-state index >= 15 is 0 Å². The maximum atomic E-state index is 13.9. The number of carbonyl (C=O) groups is 3. The van der Waals surface area contributed by atoms with Crippen molar-refractivity contribution in [2.45, 2.75) is 23.1 Å². The predicted molar refractivity (Wildman–Crippen MR) is 139 cm³/mol. The summed E-state index contributed by atoms with van der Waals surface area (Å²) in [5.41, 5.74) is 0.924. The Labute approximate surface area is 224 Å². The van der Waals surface area contributed by atoms with Crippen LogP contribution in [0.25, 0.3) is 0 Å². The number of nitrogens with one attached hydrogen (secondary N) is 1. The van der Waals surface area contributed by atoms with Gasteiger partial charge in [0.25, 0.3) is 0 Å². The van der Waals surface area contributed by atoms with Gasteiger partial charge in [-0.25, -0.2) is 9.69 Å². The fourth-order valence-corrected chi connectivity index (χ4v) is 7.26. The molecule has 12 heteroatoms. The molecule has 1 N–H and O–H groups in total. The van der Waals surface area contributed by atoms with Crippen molar-refractivity contribution in [2.24, 2.45) is 5.92 Å². The van der Waals surface area contributed by atoms with Crippen LogP contribution in [0.4, 0.5) is 5.69 Å². The van der Waals surface area contributed by atoms with Gasteiger partial charge in [0, 0.05) is 21.4 Å². The number of anilines is 1. The molecule has 2 aromatic carbocycles. The van der Waals surface area contributed by atoms with Crippen molar-refractivity contribution in [2.75, 3.05) is 25.2 Å². The van der Waals surface area contributed by atoms with Crippen LogP contribution in [0.2, 0.25) is 5.02 Å². The SMILES string of the molecule is CCOC(=O)COc1ccc(Cl)cc1[C@H]1c2sc(=O)[nH]c2SC2C(=O)N(c3ccc(OC)cc3)C(=O)C21. The van der Waals surface area contributed by atoms with Gasteiger partial charge in [0.15, 0.2) is 6.61 Å². The number of aromatic nitrogens is 1. The van der Waals surface area contributed by atoms with Crippen LogP contribution in [-0.2, 0) is 19.1 Å². The fourth-order valence-electron chi connectivity index (χ4n) is 4.57. The van der Waals surface area contributed by atoms with Crippen LogP contribution < -0.4 is 19.2 Å². The summed E-state index contributed by atoms with van der Waals surface area (Å²) in [6.07, 6.45) is 0. The second-order valence-corrected chi connectivity index (χ2v) is 10.8. The molecule has 37 heavy (non-hydrogen) atoms. The molecule has 3 atom stereocenters. The molecule has 0 bridgehead atoms. The molecule has 3 heterocycles. The molecule has 1 saturated heterocycles. The summed E-state index contributed by atoms with van der Waals surface area (Å²) in [6.45, 7) is 1.55. The Balaban J connectivity index is 1.59. The molecule has 9 nitrogen and oxygen atoms in total. The summed E-state index contributed by atoms with van der Waals surface area (Å²) >= 11 is 8.49. The van der Waals surface area contributed by atoms with Crippen LogP contribution >= 0.6 is 34.7 Å². The Kier molecular flexibility index (Phi) is 7.02. The predicted octanol–water partition coefficient (Wildman–Crippen LogP) is 3.84. The van der Waals surface area contributed by atoms with Gasteiger partial charge in [-0.05, 0) is 49.4 Å². The van der Waals surface area contributed by atoms with E-state index in [1.165, 1.54) is 23.8 Å². The number of halogens is 1. The lowest BCUT2D eigenvalue weighted by molar-refractivity contribution is -0.145. The highest BCUT2D eigenvalue weighted by Gasteiger charge is 2.56. The van der Waals surface area contributed by atoms with Crippen LogP contribution in [0.3, 0.4) is 0 Å². The lowest BCUT2D eigenvalue weighted by Gasteiger charge is -2.31. The molecule has 0 aliphatic carbocycles. The molecule has 3 aromatic rings. The Bertz CT molecular complexity index is 1440. The number of hydrogen-bond donors (Lipinski definition) is 1. The average molecular weight is 561 g/mol. The number of fused-ring (bicyclic) bond motifs is 2. The van der Waals surface area contributed by atoms with Crippen molar-refractivity contribution in [3.8, 4) is 11.5 Å². The molecule has 0 spiro atoms. The van der Waals surface area contributed by atoms with Crippen molar-refractivity contribution in [1.29, 1.82) is 0 Å². The van der Waals surface area contributed by atoms with Crippen molar-refractivity contribution in [3.63, 3.8) is 0 Å². The highest BCUT2D eigenvalue weighted by Crippen LogP contribution is 2.54. The smallest absolute Gasteiger partial charge is 0.344 e. The number of rotatable bonds is 7. The first-order valence-corrected chi connectivity index (χ1v) is 13.4. The number of carbonyl (C=O) groups excluding carboxylic acids is 3. The van der Waals surface area contributed by atoms with Crippen molar-refractivity contribution in [1.82, 2.24) is 4.98 Å². The quantitative estimate of drug-likeness (QED) is 0.342. The number of thiazole rings is 1. The zero-order valence-corrected chi connectivity index (χ0v) is 22.1. The number of hydrogen-bond acceptors (Lipinski definition) is 9. The number of aromatic amines is 1. The van der Waals surface area contributed by atoms with E-state index in [1.807, 2.05) is 0 Å². The van der Waals surface area contributed by atoms with E-state index in [0.717, 1.165) is 11.3 Å². The van der Waals surface area contributed by atoms with Gasteiger partial charge in [0.05, 0.1) is 30.3 Å². The number of benzene rings is 2. The number of methoxy groups -OCH3 is 1. The largest absolute Gasteiger partial charge is 0.497 e. The molecular weight excluding hydrogens is 540 g/mol. The molecule has 0 saturated carbocycles. The second-order valence-electron chi connectivity index (χ2n) is 8.24. The normalized spacial score (nSPS) is 20.4. The summed E-state index contributed by atoms with van der Waals surface area (Å²) in [4.78, 5) is 56.0. The lowest BCUT2D eigenvalue weighted by Crippen LogP contribution is -2.32. The minimum atomic E-state index is -0.832. The van der Waals surface area contributed by atoms with Crippen molar-refractivity contribution >= 4 is 58.2 Å². The third kappa shape index (κ3) is 4.62. The molecule has 1 fully saturated rings. The number of thioether (sulfide) groups is 1. The van der Waals surface area contributed by atoms with E-state index < -0.39 is 29.0 Å². The minimum absolute atomic E-state index is 0.206. The van der Waals surface area contributed by atoms with Gasteiger partial charge in [-0.2, -0.15) is 0 Å². The maximum Gasteiger partial charge on any atom is 0.344 e. The fraction of sp³-hybridized carbons (Fsp3) is 0.280. The number of H-pyrrole nitrogens is 1. The Hall–Kier alpha value is -3.28. The number of nitrogens with zero attached hydrogens (tertiary/aromatic N) is 1. The third-order valence-electron chi connectivity index (χ3n) is 6.11. The lowest BCUT2D eigenvalue weighted by atomic mass is 9.82. The molecule has 2 aliphatic heterocycles. The van der Waals surface area contributed by atoms with E-state index in [9.17, 15) is 19.2 Å². The minimum Gasteiger partial charge on any atom is -0.497 e. The van der Waals surface area contributed by atoms with Gasteiger partial charge in [-0.15, -0.1) is 0 Å². The molecule has 2 unspecified atom stereocenters. The molecule has 192 valence electrons. The Morgan fingerprint density at radius 2 is 1.86 bits per heavy atom. The summed E-state index contributed by atoms with van der Waals surface area (Å²) in [5, 5.41) is 0.117. The van der Waals surface area contributed by atoms with Crippen LogP contribution in [0.5, 0.6) is 11.5 Å². The number of amides is 2. The first kappa shape index (κ1) is 25.4. The van der Waals surface area contributed by atoms with Gasteiger partial charge < -0.3 is 19.2 Å². The Morgan fingerprint density at radius 3 is 2.57 bits per heavy atom. The van der Waals surface area contributed by atoms with Crippen molar-refractivity contribution < 1.29 is 28.6 Å². The molecular formula is C25H21ClN2O7S2. The Morgan fingerprint density at radius 1 is 1.11 bits per heavy atom. The monoisotopic (exact) mass is 560 g/mol. The van der Waals surface area contributed by atoms with E-state index in [2.05, 4.69) is 4.98 Å². The highest BCUT2D eigenvalue weighted by atomic mass is 35.5. The molecule has 0 radical (unpaired) electrons. The van der Waals surface area contributed by atoms with Crippen LogP contribution in [-0.4, -0.2) is 48.3 Å². The highest BCUT2D eigenvalue weighted by molar-refractivity contribution is 8.00. The van der Waals surface area contributed by atoms with Crippen LogP contribution in [0, 0.1) is 5.92 Å². The average Bonchev–Trinajstić information content (AvgIpc) is 3.37. The van der Waals surface area contributed by atoms with Gasteiger partial charge in [-0.1, -0.05) is 34.7 Å². The number of esters is 1. The van der Waals surface area contributed by atoms with Crippen molar-refractivity contribution in [3.05, 3.63) is 67.6 Å². The molecule has 2 amide bonds. The molecule has 1 aromatic heterocycles. The van der Waals surface area contributed by atoms with Gasteiger partial charge in [0.1, 0.15) is 16.7 Å². The van der Waals surface area contributed by atoms with Crippen LogP contribution in [0.1, 0.15) is 23.3 Å². The molecule has 2 aliphatic rings. The maximum absolute atomic E-state index is 13.9. The zero-order chi connectivity index (χ0) is 26.3. The topological polar surface area (TPSA) is 115 Å². The first-order valence-electron chi connectivity index (χ1n) is 11.3. The zero-order valence-electron chi connectivity index (χ0n) is 19.7.